The van der Waals surface area contributed by atoms with Gasteiger partial charge in [0.25, 0.3) is 0 Å². The molecule has 0 saturated heterocycles. The van der Waals surface area contributed by atoms with Crippen LogP contribution in [-0.4, -0.2) is 37.8 Å². The summed E-state index contributed by atoms with van der Waals surface area (Å²) in [6, 6.07) is 13.4. The standard InChI is InChI=1S/C18H21N5O3/c1-18(2,12-24)14(13-6-4-3-5-7-13)10-19-15-8-9-16-20-11-17(23(25)26)22(16)21-15/h3-9,11,14,24H,10,12H2,1-2H3,(H,19,21). The summed E-state index contributed by atoms with van der Waals surface area (Å²) in [7, 11) is 0. The second-order valence-corrected chi connectivity index (χ2v) is 6.85. The van der Waals surface area contributed by atoms with E-state index >= 15 is 0 Å². The Bertz CT molecular complexity index is 908. The lowest BCUT2D eigenvalue weighted by atomic mass is 9.75. The first-order valence-electron chi connectivity index (χ1n) is 8.31. The second kappa shape index (κ2) is 7.09. The van der Waals surface area contributed by atoms with Crippen LogP contribution in [0.15, 0.2) is 48.7 Å². The van der Waals surface area contributed by atoms with Crippen LogP contribution in [0, 0.1) is 15.5 Å². The highest BCUT2D eigenvalue weighted by Crippen LogP contribution is 2.35. The molecular weight excluding hydrogens is 334 g/mol. The number of fused-ring (bicyclic) bond motifs is 1. The quantitative estimate of drug-likeness (QED) is 0.499. The number of aromatic nitrogens is 3. The van der Waals surface area contributed by atoms with Crippen LogP contribution in [0.3, 0.4) is 0 Å². The minimum atomic E-state index is -0.515. The van der Waals surface area contributed by atoms with Gasteiger partial charge in [-0.3, -0.25) is 0 Å². The molecule has 8 heteroatoms. The highest BCUT2D eigenvalue weighted by molar-refractivity contribution is 5.48. The van der Waals surface area contributed by atoms with Gasteiger partial charge in [-0.1, -0.05) is 53.8 Å². The van der Waals surface area contributed by atoms with E-state index in [0.717, 1.165) is 5.56 Å². The summed E-state index contributed by atoms with van der Waals surface area (Å²) < 4.78 is 1.21. The molecule has 0 spiro atoms. The molecule has 0 aliphatic heterocycles. The first-order valence-corrected chi connectivity index (χ1v) is 8.31. The molecule has 0 aliphatic carbocycles. The molecule has 2 aromatic heterocycles. The summed E-state index contributed by atoms with van der Waals surface area (Å²) in [6.45, 7) is 4.57. The molecule has 1 unspecified atom stereocenters. The van der Waals surface area contributed by atoms with Gasteiger partial charge in [0, 0.05) is 25.1 Å². The van der Waals surface area contributed by atoms with E-state index in [4.69, 9.17) is 0 Å². The molecule has 0 radical (unpaired) electrons. The Morgan fingerprint density at radius 3 is 2.65 bits per heavy atom. The molecule has 8 nitrogen and oxygen atoms in total. The molecule has 26 heavy (non-hydrogen) atoms. The number of aliphatic hydroxyl groups is 1. The summed E-state index contributed by atoms with van der Waals surface area (Å²) in [5, 5.41) is 28.4. The normalized spacial score (nSPS) is 12.9. The number of rotatable bonds is 7. The zero-order valence-electron chi connectivity index (χ0n) is 14.7. The molecule has 3 rings (SSSR count). The summed E-state index contributed by atoms with van der Waals surface area (Å²) in [5.74, 6) is 0.358. The lowest BCUT2D eigenvalue weighted by molar-refractivity contribution is -0.391. The van der Waals surface area contributed by atoms with E-state index in [0.29, 0.717) is 18.0 Å². The van der Waals surface area contributed by atoms with Gasteiger partial charge in [-0.15, -0.1) is 0 Å². The number of benzene rings is 1. The number of imidazole rings is 1. The minimum absolute atomic E-state index is 0.0315. The van der Waals surface area contributed by atoms with Gasteiger partial charge in [-0.2, -0.15) is 0 Å². The summed E-state index contributed by atoms with van der Waals surface area (Å²) in [6.07, 6.45) is 1.19. The lowest BCUT2D eigenvalue weighted by Gasteiger charge is -2.33. The first kappa shape index (κ1) is 17.8. The summed E-state index contributed by atoms with van der Waals surface area (Å²) >= 11 is 0. The van der Waals surface area contributed by atoms with Crippen LogP contribution >= 0.6 is 0 Å². The van der Waals surface area contributed by atoms with Gasteiger partial charge < -0.3 is 20.5 Å². The fourth-order valence-electron chi connectivity index (χ4n) is 2.93. The van der Waals surface area contributed by atoms with Crippen molar-refractivity contribution in [2.75, 3.05) is 18.5 Å². The molecule has 1 atom stereocenters. The van der Waals surface area contributed by atoms with Crippen LogP contribution in [0.1, 0.15) is 25.3 Å². The smallest absolute Gasteiger partial charge is 0.368 e. The molecule has 2 N–H and O–H groups in total. The van der Waals surface area contributed by atoms with E-state index < -0.39 is 4.92 Å². The Hall–Kier alpha value is -3.00. The van der Waals surface area contributed by atoms with Crippen LogP contribution in [0.5, 0.6) is 0 Å². The van der Waals surface area contributed by atoms with Crippen LogP contribution in [0.25, 0.3) is 5.65 Å². The third-order valence-electron chi connectivity index (χ3n) is 4.57. The minimum Gasteiger partial charge on any atom is -0.396 e. The Kier molecular flexibility index (Phi) is 4.85. The maximum absolute atomic E-state index is 11.1. The average molecular weight is 355 g/mol. The molecule has 0 bridgehead atoms. The van der Waals surface area contributed by atoms with Gasteiger partial charge >= 0.3 is 5.82 Å². The van der Waals surface area contributed by atoms with Gasteiger partial charge in [-0.05, 0) is 22.0 Å². The van der Waals surface area contributed by atoms with Crippen LogP contribution in [0.2, 0.25) is 0 Å². The number of nitrogens with zero attached hydrogens (tertiary/aromatic N) is 4. The highest BCUT2D eigenvalue weighted by Gasteiger charge is 2.30. The van der Waals surface area contributed by atoms with E-state index in [1.165, 1.54) is 10.7 Å². The lowest BCUT2D eigenvalue weighted by Crippen LogP contribution is -2.31. The third-order valence-corrected chi connectivity index (χ3v) is 4.57. The Balaban J connectivity index is 1.86. The van der Waals surface area contributed by atoms with Crippen LogP contribution in [0.4, 0.5) is 11.6 Å². The Morgan fingerprint density at radius 1 is 1.27 bits per heavy atom. The van der Waals surface area contributed by atoms with Crippen molar-refractivity contribution in [1.82, 2.24) is 14.6 Å². The van der Waals surface area contributed by atoms with Crippen molar-refractivity contribution in [3.63, 3.8) is 0 Å². The van der Waals surface area contributed by atoms with Crippen molar-refractivity contribution < 1.29 is 10.0 Å². The zero-order valence-corrected chi connectivity index (χ0v) is 14.7. The SMILES string of the molecule is CC(C)(CO)C(CNc1ccc2ncc([N+](=O)[O-])n2n1)c1ccccc1. The molecule has 136 valence electrons. The van der Waals surface area contributed by atoms with E-state index in [9.17, 15) is 15.2 Å². The summed E-state index contributed by atoms with van der Waals surface area (Å²) in [5.41, 5.74) is 1.17. The Labute approximate surface area is 150 Å². The number of anilines is 1. The Morgan fingerprint density at radius 2 is 2.00 bits per heavy atom. The average Bonchev–Trinajstić information content (AvgIpc) is 3.06. The number of aliphatic hydroxyl groups excluding tert-OH is 1. The number of hydrogen-bond donors (Lipinski definition) is 2. The zero-order chi connectivity index (χ0) is 18.7. The van der Waals surface area contributed by atoms with Gasteiger partial charge in [0.05, 0.1) is 0 Å². The van der Waals surface area contributed by atoms with Crippen LogP contribution < -0.4 is 5.32 Å². The topological polar surface area (TPSA) is 106 Å². The molecule has 0 fully saturated rings. The maximum Gasteiger partial charge on any atom is 0.368 e. The molecule has 0 saturated carbocycles. The predicted molar refractivity (Wildman–Crippen MR) is 98.2 cm³/mol. The fraction of sp³-hybridized carbons (Fsp3) is 0.333. The van der Waals surface area contributed by atoms with E-state index in [2.05, 4.69) is 15.4 Å². The molecule has 2 heterocycles. The largest absolute Gasteiger partial charge is 0.396 e. The molecular formula is C18H21N5O3. The maximum atomic E-state index is 11.1. The predicted octanol–water partition coefficient (Wildman–Crippen LogP) is 2.85. The monoisotopic (exact) mass is 355 g/mol. The van der Waals surface area contributed by atoms with Crippen molar-refractivity contribution in [2.24, 2.45) is 5.41 Å². The summed E-state index contributed by atoms with van der Waals surface area (Å²) in [4.78, 5) is 14.5. The first-order chi connectivity index (χ1) is 12.4. The van der Waals surface area contributed by atoms with E-state index in [1.807, 2.05) is 44.2 Å². The van der Waals surface area contributed by atoms with Gasteiger partial charge in [0.2, 0.25) is 5.65 Å². The molecule has 0 amide bonds. The van der Waals surface area contributed by atoms with Gasteiger partial charge in [0.15, 0.2) is 5.82 Å². The highest BCUT2D eigenvalue weighted by atomic mass is 16.6. The van der Waals surface area contributed by atoms with E-state index in [-0.39, 0.29) is 23.8 Å². The molecule has 0 aliphatic rings. The van der Waals surface area contributed by atoms with Crippen molar-refractivity contribution in [3.8, 4) is 0 Å². The van der Waals surface area contributed by atoms with Crippen LogP contribution in [-0.2, 0) is 0 Å². The van der Waals surface area contributed by atoms with E-state index in [1.54, 1.807) is 12.1 Å². The molecule has 3 aromatic rings. The van der Waals surface area contributed by atoms with Crippen molar-refractivity contribution >= 4 is 17.3 Å². The third kappa shape index (κ3) is 3.50. The van der Waals surface area contributed by atoms with Gasteiger partial charge in [-0.25, -0.2) is 4.98 Å². The fourth-order valence-corrected chi connectivity index (χ4v) is 2.93. The number of hydrogen-bond acceptors (Lipinski definition) is 6. The van der Waals surface area contributed by atoms with Crippen molar-refractivity contribution in [2.45, 2.75) is 19.8 Å². The number of nitro groups is 1. The molecule has 1 aromatic carbocycles. The number of nitrogens with one attached hydrogen (secondary N) is 1. The van der Waals surface area contributed by atoms with Crippen molar-refractivity contribution in [3.05, 3.63) is 64.3 Å². The second-order valence-electron chi connectivity index (χ2n) is 6.85. The van der Waals surface area contributed by atoms with Crippen molar-refractivity contribution in [1.29, 1.82) is 0 Å². The van der Waals surface area contributed by atoms with Gasteiger partial charge in [0.1, 0.15) is 6.20 Å².